The minimum atomic E-state index is -4.56. The number of ether oxygens (including phenoxy) is 2. The van der Waals surface area contributed by atoms with Crippen LogP contribution in [0.3, 0.4) is 0 Å². The number of halogens is 3. The summed E-state index contributed by atoms with van der Waals surface area (Å²) in [6.07, 6.45) is -1.59. The van der Waals surface area contributed by atoms with E-state index >= 15 is 0 Å². The molecule has 1 aliphatic heterocycles. The Labute approximate surface area is 217 Å². The van der Waals surface area contributed by atoms with Crippen LogP contribution >= 0.6 is 0 Å². The van der Waals surface area contributed by atoms with Crippen LogP contribution in [0.15, 0.2) is 24.5 Å². The van der Waals surface area contributed by atoms with Crippen molar-refractivity contribution in [2.45, 2.75) is 51.7 Å². The summed E-state index contributed by atoms with van der Waals surface area (Å²) in [7, 11) is 4.61. The summed E-state index contributed by atoms with van der Waals surface area (Å²) in [5, 5.41) is 10.4. The van der Waals surface area contributed by atoms with Crippen LogP contribution in [0.4, 0.5) is 30.6 Å². The molecule has 11 nitrogen and oxygen atoms in total. The smallest absolute Gasteiger partial charge is 0.433 e. The number of nitrogens with zero attached hydrogens (tertiary/aromatic N) is 6. The SMILES string of the molecule is COc1nc(C(F)(F)F)ccc1Cn1cc(CNc2nc(C)c3c(n2)N(C)[C@](C)([C@@H](C)OC)C(=O)N3)cn1. The fraction of sp³-hybridized carbons (Fsp3) is 0.458. The summed E-state index contributed by atoms with van der Waals surface area (Å²) < 4.78 is 51.0. The first kappa shape index (κ1) is 27.1. The summed E-state index contributed by atoms with van der Waals surface area (Å²) in [6.45, 7) is 5.90. The molecule has 2 N–H and O–H groups in total. The highest BCUT2D eigenvalue weighted by atomic mass is 19.4. The standard InChI is InChI=1S/C24H29F3N8O3/c1-13-18-19(34(4)23(3,14(2)37-5)21(36)32-18)33-22(30-13)28-9-15-10-29-35(11-15)12-16-7-8-17(24(25,26)27)31-20(16)38-6/h7-8,10-11,14H,9,12H2,1-6H3,(H,32,36)(H,28,30,33)/t14-,23-/m1/s1. The number of hydrogen-bond donors (Lipinski definition) is 2. The minimum absolute atomic E-state index is 0.112. The van der Waals surface area contributed by atoms with Gasteiger partial charge in [-0.15, -0.1) is 0 Å². The van der Waals surface area contributed by atoms with Gasteiger partial charge in [0.15, 0.2) is 5.82 Å². The first-order valence-electron chi connectivity index (χ1n) is 11.7. The molecule has 3 aromatic heterocycles. The third-order valence-electron chi connectivity index (χ3n) is 6.82. The van der Waals surface area contributed by atoms with E-state index in [1.54, 1.807) is 50.0 Å². The number of methoxy groups -OCH3 is 2. The molecule has 1 aliphatic rings. The zero-order valence-corrected chi connectivity index (χ0v) is 21.8. The third-order valence-corrected chi connectivity index (χ3v) is 6.82. The van der Waals surface area contributed by atoms with Crippen molar-refractivity contribution in [1.82, 2.24) is 24.7 Å². The number of likely N-dealkylation sites (N-methyl/N-ethyl adjacent to an activating group) is 1. The minimum Gasteiger partial charge on any atom is -0.481 e. The molecule has 0 bridgehead atoms. The van der Waals surface area contributed by atoms with Crippen LogP contribution in [0.25, 0.3) is 0 Å². The number of anilines is 3. The highest BCUT2D eigenvalue weighted by molar-refractivity contribution is 6.06. The van der Waals surface area contributed by atoms with Crippen molar-refractivity contribution in [3.63, 3.8) is 0 Å². The zero-order chi connectivity index (χ0) is 27.8. The number of alkyl halides is 3. The number of pyridine rings is 1. The lowest BCUT2D eigenvalue weighted by atomic mass is 9.90. The van der Waals surface area contributed by atoms with Gasteiger partial charge in [0.1, 0.15) is 16.9 Å². The third kappa shape index (κ3) is 4.95. The molecular formula is C24H29F3N8O3. The van der Waals surface area contributed by atoms with E-state index < -0.39 is 23.5 Å². The van der Waals surface area contributed by atoms with Gasteiger partial charge in [0.2, 0.25) is 11.8 Å². The monoisotopic (exact) mass is 534 g/mol. The van der Waals surface area contributed by atoms with E-state index in [2.05, 4.69) is 30.7 Å². The van der Waals surface area contributed by atoms with Crippen LogP contribution in [0.1, 0.15) is 36.4 Å². The Kier molecular flexibility index (Phi) is 7.19. The van der Waals surface area contributed by atoms with Crippen LogP contribution < -0.4 is 20.3 Å². The highest BCUT2D eigenvalue weighted by Crippen LogP contribution is 2.38. The maximum atomic E-state index is 13.0. The number of carbonyl (C=O) groups excluding carboxylic acids is 1. The van der Waals surface area contributed by atoms with Crippen molar-refractivity contribution < 1.29 is 27.4 Å². The van der Waals surface area contributed by atoms with E-state index in [1.807, 2.05) is 6.92 Å². The van der Waals surface area contributed by atoms with Gasteiger partial charge in [-0.05, 0) is 32.9 Å². The van der Waals surface area contributed by atoms with Gasteiger partial charge >= 0.3 is 6.18 Å². The summed E-state index contributed by atoms with van der Waals surface area (Å²) in [6, 6.07) is 2.24. The van der Waals surface area contributed by atoms with Crippen LogP contribution in [0, 0.1) is 6.92 Å². The molecule has 2 atom stereocenters. The number of carbonyl (C=O) groups is 1. The van der Waals surface area contributed by atoms with Crippen molar-refractivity contribution >= 4 is 23.4 Å². The Morgan fingerprint density at radius 1 is 1.21 bits per heavy atom. The van der Waals surface area contributed by atoms with E-state index in [9.17, 15) is 18.0 Å². The lowest BCUT2D eigenvalue weighted by Gasteiger charge is -2.45. The molecule has 0 aromatic carbocycles. The molecule has 38 heavy (non-hydrogen) atoms. The number of fused-ring (bicyclic) bond motifs is 1. The van der Waals surface area contributed by atoms with E-state index in [1.165, 1.54) is 13.2 Å². The zero-order valence-electron chi connectivity index (χ0n) is 21.8. The van der Waals surface area contributed by atoms with Crippen molar-refractivity contribution in [2.24, 2.45) is 0 Å². The highest BCUT2D eigenvalue weighted by Gasteiger charge is 2.48. The van der Waals surface area contributed by atoms with E-state index in [0.29, 0.717) is 35.3 Å². The van der Waals surface area contributed by atoms with Crippen molar-refractivity contribution in [2.75, 3.05) is 36.8 Å². The van der Waals surface area contributed by atoms with Gasteiger partial charge in [0.05, 0.1) is 31.6 Å². The average Bonchev–Trinajstić information content (AvgIpc) is 3.33. The molecule has 204 valence electrons. The van der Waals surface area contributed by atoms with E-state index in [4.69, 9.17) is 9.47 Å². The second kappa shape index (κ2) is 10.1. The molecule has 0 saturated heterocycles. The Morgan fingerprint density at radius 3 is 2.61 bits per heavy atom. The number of nitrogens with one attached hydrogen (secondary N) is 2. The van der Waals surface area contributed by atoms with Gasteiger partial charge in [0.25, 0.3) is 5.91 Å². The van der Waals surface area contributed by atoms with Crippen molar-refractivity contribution in [1.29, 1.82) is 0 Å². The topological polar surface area (TPSA) is 119 Å². The van der Waals surface area contributed by atoms with Gasteiger partial charge < -0.3 is 25.0 Å². The van der Waals surface area contributed by atoms with Crippen LogP contribution in [0.5, 0.6) is 5.88 Å². The first-order chi connectivity index (χ1) is 17.9. The Balaban J connectivity index is 1.49. The lowest BCUT2D eigenvalue weighted by Crippen LogP contribution is -2.63. The van der Waals surface area contributed by atoms with Gasteiger partial charge in [-0.1, -0.05) is 0 Å². The van der Waals surface area contributed by atoms with Gasteiger partial charge in [-0.25, -0.2) is 9.97 Å². The number of amides is 1. The number of aromatic nitrogens is 5. The van der Waals surface area contributed by atoms with Gasteiger partial charge in [-0.2, -0.15) is 23.3 Å². The Bertz CT molecular complexity index is 1350. The fourth-order valence-electron chi connectivity index (χ4n) is 4.19. The van der Waals surface area contributed by atoms with Gasteiger partial charge in [0, 0.05) is 38.0 Å². The largest absolute Gasteiger partial charge is 0.481 e. The van der Waals surface area contributed by atoms with Crippen LogP contribution in [-0.2, 0) is 28.8 Å². The molecule has 0 unspecified atom stereocenters. The summed E-state index contributed by atoms with van der Waals surface area (Å²) >= 11 is 0. The maximum absolute atomic E-state index is 13.0. The van der Waals surface area contributed by atoms with Crippen LogP contribution in [-0.4, -0.2) is 63.5 Å². The van der Waals surface area contributed by atoms with Crippen LogP contribution in [0.2, 0.25) is 0 Å². The predicted octanol–water partition coefficient (Wildman–Crippen LogP) is 3.25. The normalized spacial score (nSPS) is 18.1. The van der Waals surface area contributed by atoms with Crippen molar-refractivity contribution in [3.05, 3.63) is 47.0 Å². The number of hydrogen-bond acceptors (Lipinski definition) is 9. The van der Waals surface area contributed by atoms with E-state index in [0.717, 1.165) is 11.6 Å². The molecule has 0 fully saturated rings. The molecule has 14 heteroatoms. The molecule has 4 heterocycles. The van der Waals surface area contributed by atoms with Gasteiger partial charge in [-0.3, -0.25) is 9.48 Å². The van der Waals surface area contributed by atoms with Crippen molar-refractivity contribution in [3.8, 4) is 5.88 Å². The second-order valence-electron chi connectivity index (χ2n) is 9.13. The number of aryl methyl sites for hydroxylation is 1. The quantitative estimate of drug-likeness (QED) is 0.449. The lowest BCUT2D eigenvalue weighted by molar-refractivity contribution is -0.141. The number of rotatable bonds is 8. The first-order valence-corrected chi connectivity index (χ1v) is 11.7. The summed E-state index contributed by atoms with van der Waals surface area (Å²) in [4.78, 5) is 27.4. The second-order valence-corrected chi connectivity index (χ2v) is 9.13. The summed E-state index contributed by atoms with van der Waals surface area (Å²) in [5.41, 5.74) is 0.386. The molecule has 4 rings (SSSR count). The fourth-order valence-corrected chi connectivity index (χ4v) is 4.19. The Hall–Kier alpha value is -3.94. The Morgan fingerprint density at radius 2 is 1.95 bits per heavy atom. The molecule has 0 aliphatic carbocycles. The maximum Gasteiger partial charge on any atom is 0.433 e. The average molecular weight is 535 g/mol. The van der Waals surface area contributed by atoms with E-state index in [-0.39, 0.29) is 18.3 Å². The molecule has 0 radical (unpaired) electrons. The summed E-state index contributed by atoms with van der Waals surface area (Å²) in [5.74, 6) is 0.599. The molecular weight excluding hydrogens is 505 g/mol. The molecule has 0 spiro atoms. The predicted molar refractivity (Wildman–Crippen MR) is 133 cm³/mol. The molecule has 3 aromatic rings. The molecule has 0 saturated carbocycles. The molecule has 1 amide bonds.